The minimum atomic E-state index is -0.443. The quantitative estimate of drug-likeness (QED) is 0.320. The molecule has 2 heterocycles. The van der Waals surface area contributed by atoms with E-state index in [2.05, 4.69) is 30.5 Å². The van der Waals surface area contributed by atoms with Gasteiger partial charge in [0.05, 0.1) is 36.2 Å². The van der Waals surface area contributed by atoms with Crippen molar-refractivity contribution in [2.24, 2.45) is 0 Å². The van der Waals surface area contributed by atoms with Gasteiger partial charge in [0.25, 0.3) is 0 Å². The topological polar surface area (TPSA) is 68.0 Å². The second kappa shape index (κ2) is 10.0. The van der Waals surface area contributed by atoms with Crippen LogP contribution in [0, 0.1) is 5.82 Å². The van der Waals surface area contributed by atoms with E-state index in [1.807, 2.05) is 29.7 Å². The van der Waals surface area contributed by atoms with Gasteiger partial charge in [-0.25, -0.2) is 9.37 Å². The van der Waals surface area contributed by atoms with E-state index in [-0.39, 0.29) is 23.7 Å². The average Bonchev–Trinajstić information content (AvgIpc) is 3.11. The lowest BCUT2D eigenvalue weighted by Crippen LogP contribution is -2.09. The van der Waals surface area contributed by atoms with Gasteiger partial charge in [0.2, 0.25) is 0 Å². The number of aliphatic hydroxyl groups is 1. The van der Waals surface area contributed by atoms with Crippen LogP contribution in [0.5, 0.6) is 11.5 Å². The predicted molar refractivity (Wildman–Crippen MR) is 127 cm³/mol. The summed E-state index contributed by atoms with van der Waals surface area (Å²) in [7, 11) is 1.46. The number of nitrogens with zero attached hydrogens (tertiary/aromatic N) is 2. The Morgan fingerprint density at radius 1 is 1.26 bits per heavy atom. The number of fused-ring (bicyclic) bond motifs is 1. The second-order valence-electron chi connectivity index (χ2n) is 7.73. The van der Waals surface area contributed by atoms with Crippen LogP contribution in [0.15, 0.2) is 35.5 Å². The third kappa shape index (κ3) is 5.58. The van der Waals surface area contributed by atoms with E-state index < -0.39 is 5.82 Å². The lowest BCUT2D eigenvalue weighted by atomic mass is 10.1. The molecule has 168 valence electrons. The van der Waals surface area contributed by atoms with Crippen LogP contribution in [0.3, 0.4) is 0 Å². The van der Waals surface area contributed by atoms with E-state index >= 15 is 0 Å². The summed E-state index contributed by atoms with van der Waals surface area (Å²) < 4.78 is 30.8. The highest BCUT2D eigenvalue weighted by molar-refractivity contribution is 8.00. The number of thioether (sulfide) groups is 1. The number of halogens is 1. The molecule has 0 aliphatic carbocycles. The molecule has 6 nitrogen and oxygen atoms in total. The fourth-order valence-electron chi connectivity index (χ4n) is 3.05. The standard InChI is InChI=1S/C22H28FN3O3S2/c1-6-30-25-16-10-14(9-15(23)21(16)28-5)17-12-24-20-11-18(29-8-7-27)19(13-26(17)20)31-22(2,3)4/h9-13,25,27H,6-8H2,1-5H3. The van der Waals surface area contributed by atoms with Gasteiger partial charge in [-0.3, -0.25) is 4.40 Å². The fraction of sp³-hybridized carbons (Fsp3) is 0.409. The minimum absolute atomic E-state index is 0.0492. The Labute approximate surface area is 190 Å². The highest BCUT2D eigenvalue weighted by Crippen LogP contribution is 2.40. The first kappa shape index (κ1) is 23.6. The van der Waals surface area contributed by atoms with Crippen LogP contribution < -0.4 is 14.2 Å². The molecule has 0 atom stereocenters. The van der Waals surface area contributed by atoms with E-state index in [4.69, 9.17) is 14.6 Å². The van der Waals surface area contributed by atoms with Crippen molar-refractivity contribution >= 4 is 35.0 Å². The predicted octanol–water partition coefficient (Wildman–Crippen LogP) is 5.49. The van der Waals surface area contributed by atoms with Crippen molar-refractivity contribution in [3.8, 4) is 22.8 Å². The number of pyridine rings is 1. The normalized spacial score (nSPS) is 11.7. The van der Waals surface area contributed by atoms with E-state index in [1.54, 1.807) is 18.0 Å². The summed E-state index contributed by atoms with van der Waals surface area (Å²) in [4.78, 5) is 5.42. The molecular weight excluding hydrogens is 437 g/mol. The van der Waals surface area contributed by atoms with Crippen molar-refractivity contribution in [2.45, 2.75) is 37.3 Å². The van der Waals surface area contributed by atoms with Crippen LogP contribution >= 0.6 is 23.7 Å². The number of hydrogen-bond donors (Lipinski definition) is 2. The Morgan fingerprint density at radius 2 is 2.03 bits per heavy atom. The lowest BCUT2D eigenvalue weighted by molar-refractivity contribution is 0.198. The third-order valence-electron chi connectivity index (χ3n) is 4.21. The van der Waals surface area contributed by atoms with Gasteiger partial charge >= 0.3 is 0 Å². The Kier molecular flexibility index (Phi) is 7.61. The summed E-state index contributed by atoms with van der Waals surface area (Å²) in [6.07, 6.45) is 3.67. The fourth-order valence-corrected chi connectivity index (χ4v) is 4.54. The van der Waals surface area contributed by atoms with Crippen LogP contribution in [-0.4, -0.2) is 45.3 Å². The molecule has 1 aromatic carbocycles. The highest BCUT2D eigenvalue weighted by Gasteiger charge is 2.20. The smallest absolute Gasteiger partial charge is 0.178 e. The van der Waals surface area contributed by atoms with Crippen molar-refractivity contribution < 1.29 is 19.0 Å². The van der Waals surface area contributed by atoms with Crippen LogP contribution in [0.1, 0.15) is 27.7 Å². The zero-order valence-corrected chi connectivity index (χ0v) is 20.0. The highest BCUT2D eigenvalue weighted by atomic mass is 32.2. The molecule has 0 amide bonds. The van der Waals surface area contributed by atoms with Gasteiger partial charge in [-0.1, -0.05) is 39.6 Å². The van der Waals surface area contributed by atoms with Gasteiger partial charge in [-0.2, -0.15) is 0 Å². The second-order valence-corrected chi connectivity index (χ2v) is 10.7. The number of methoxy groups -OCH3 is 1. The number of hydrogen-bond acceptors (Lipinski definition) is 7. The Morgan fingerprint density at radius 3 is 2.68 bits per heavy atom. The number of aliphatic hydroxyl groups excluding tert-OH is 1. The lowest BCUT2D eigenvalue weighted by Gasteiger charge is -2.20. The molecule has 2 aromatic heterocycles. The summed E-state index contributed by atoms with van der Waals surface area (Å²) in [5, 5.41) is 9.17. The molecule has 9 heteroatoms. The number of imidazole rings is 1. The first-order chi connectivity index (χ1) is 14.8. The maximum absolute atomic E-state index is 14.8. The average molecular weight is 466 g/mol. The van der Waals surface area contributed by atoms with Crippen molar-refractivity contribution in [3.05, 3.63) is 36.4 Å². The molecule has 3 rings (SSSR count). The molecule has 0 aliphatic rings. The van der Waals surface area contributed by atoms with E-state index in [0.717, 1.165) is 16.3 Å². The van der Waals surface area contributed by atoms with E-state index in [0.29, 0.717) is 22.6 Å². The Hall–Kier alpha value is -2.10. The molecule has 0 spiro atoms. The molecule has 2 N–H and O–H groups in total. The molecule has 0 bridgehead atoms. The number of aromatic nitrogens is 2. The zero-order chi connectivity index (χ0) is 22.6. The summed E-state index contributed by atoms with van der Waals surface area (Å²) >= 11 is 3.13. The van der Waals surface area contributed by atoms with Gasteiger partial charge < -0.3 is 19.3 Å². The number of anilines is 1. The molecule has 3 aromatic rings. The van der Waals surface area contributed by atoms with Gasteiger partial charge in [0.15, 0.2) is 11.6 Å². The first-order valence-corrected chi connectivity index (χ1v) is 11.8. The summed E-state index contributed by atoms with van der Waals surface area (Å²) in [5.74, 6) is 1.24. The SMILES string of the molecule is CCSNc1cc(-c2cnc3cc(OCCO)c(SC(C)(C)C)cn23)cc(F)c1OC. The van der Waals surface area contributed by atoms with E-state index in [1.165, 1.54) is 25.1 Å². The molecule has 0 saturated carbocycles. The molecule has 0 aliphatic heterocycles. The largest absolute Gasteiger partial charge is 0.492 e. The monoisotopic (exact) mass is 465 g/mol. The summed E-state index contributed by atoms with van der Waals surface area (Å²) in [6, 6.07) is 5.16. The van der Waals surface area contributed by atoms with Gasteiger partial charge in [-0.15, -0.1) is 11.8 Å². The van der Waals surface area contributed by atoms with Crippen LogP contribution in [0.4, 0.5) is 10.1 Å². The van der Waals surface area contributed by atoms with E-state index in [9.17, 15) is 4.39 Å². The number of ether oxygens (including phenoxy) is 2. The van der Waals surface area contributed by atoms with Crippen molar-refractivity contribution in [1.29, 1.82) is 0 Å². The molecular formula is C22H28FN3O3S2. The third-order valence-corrected chi connectivity index (χ3v) is 6.00. The molecule has 31 heavy (non-hydrogen) atoms. The summed E-state index contributed by atoms with van der Waals surface area (Å²) in [6.45, 7) is 8.51. The van der Waals surface area contributed by atoms with Crippen LogP contribution in [-0.2, 0) is 0 Å². The van der Waals surface area contributed by atoms with Crippen LogP contribution in [0.2, 0.25) is 0 Å². The van der Waals surface area contributed by atoms with Gasteiger partial charge in [0.1, 0.15) is 18.0 Å². The maximum atomic E-state index is 14.8. The van der Waals surface area contributed by atoms with Crippen molar-refractivity contribution in [2.75, 3.05) is 30.8 Å². The Bertz CT molecular complexity index is 1050. The maximum Gasteiger partial charge on any atom is 0.178 e. The first-order valence-electron chi connectivity index (χ1n) is 9.97. The Balaban J connectivity index is 2.13. The number of nitrogens with one attached hydrogen (secondary N) is 1. The van der Waals surface area contributed by atoms with Crippen molar-refractivity contribution in [3.63, 3.8) is 0 Å². The van der Waals surface area contributed by atoms with Gasteiger partial charge in [-0.05, 0) is 12.1 Å². The molecule has 0 radical (unpaired) electrons. The minimum Gasteiger partial charge on any atom is -0.492 e. The molecule has 0 fully saturated rings. The van der Waals surface area contributed by atoms with Crippen LogP contribution in [0.25, 0.3) is 16.9 Å². The number of rotatable bonds is 9. The van der Waals surface area contributed by atoms with Gasteiger partial charge in [0, 0.05) is 28.3 Å². The molecule has 0 unspecified atom stereocenters. The summed E-state index contributed by atoms with van der Waals surface area (Å²) in [5.41, 5.74) is 2.69. The van der Waals surface area contributed by atoms with Crippen molar-refractivity contribution in [1.82, 2.24) is 9.38 Å². The molecule has 0 saturated heterocycles. The number of benzene rings is 1. The zero-order valence-electron chi connectivity index (χ0n) is 18.4.